The number of oxime groups is 1. The molecule has 0 rings (SSSR count). The van der Waals surface area contributed by atoms with Crippen molar-refractivity contribution in [3.63, 3.8) is 0 Å². The first-order chi connectivity index (χ1) is 6.31. The van der Waals surface area contributed by atoms with Crippen molar-refractivity contribution in [3.8, 4) is 0 Å². The first-order valence-corrected chi connectivity index (χ1v) is 5.86. The van der Waals surface area contributed by atoms with E-state index in [-0.39, 0.29) is 0 Å². The predicted molar refractivity (Wildman–Crippen MR) is 58.5 cm³/mol. The van der Waals surface area contributed by atoms with Crippen LogP contribution < -0.4 is 11.1 Å². The van der Waals surface area contributed by atoms with Crippen LogP contribution in [-0.4, -0.2) is 36.1 Å². The number of rotatable bonds is 8. The van der Waals surface area contributed by atoms with Crippen LogP contribution in [0.3, 0.4) is 0 Å². The lowest BCUT2D eigenvalue weighted by Crippen LogP contribution is -2.20. The van der Waals surface area contributed by atoms with Crippen molar-refractivity contribution in [1.29, 1.82) is 0 Å². The highest BCUT2D eigenvalue weighted by atomic mass is 32.2. The Morgan fingerprint density at radius 1 is 1.46 bits per heavy atom. The molecule has 4 nitrogen and oxygen atoms in total. The van der Waals surface area contributed by atoms with Gasteiger partial charge in [0, 0.05) is 6.42 Å². The Bertz CT molecular complexity index is 141. The smallest absolute Gasteiger partial charge is 0.139 e. The minimum atomic E-state index is 0.311. The SMILES string of the molecule is CSCCCNCCCC(N)=NO. The van der Waals surface area contributed by atoms with Gasteiger partial charge in [-0.05, 0) is 37.9 Å². The normalized spacial score (nSPS) is 11.9. The van der Waals surface area contributed by atoms with Gasteiger partial charge in [0.1, 0.15) is 5.84 Å². The van der Waals surface area contributed by atoms with E-state index >= 15 is 0 Å². The van der Waals surface area contributed by atoms with Crippen molar-refractivity contribution in [2.45, 2.75) is 19.3 Å². The third-order valence-electron chi connectivity index (χ3n) is 1.62. The number of thioether (sulfide) groups is 1. The van der Waals surface area contributed by atoms with Gasteiger partial charge in [-0.15, -0.1) is 0 Å². The standard InChI is InChI=1S/C8H19N3OS/c1-13-7-3-6-10-5-2-4-8(9)11-12/h10,12H,2-7H2,1H3,(H2,9,11). The van der Waals surface area contributed by atoms with Crippen molar-refractivity contribution < 1.29 is 5.21 Å². The van der Waals surface area contributed by atoms with E-state index in [1.807, 2.05) is 11.8 Å². The quantitative estimate of drug-likeness (QED) is 0.181. The zero-order chi connectivity index (χ0) is 9.94. The van der Waals surface area contributed by atoms with Gasteiger partial charge in [0.2, 0.25) is 0 Å². The topological polar surface area (TPSA) is 70.6 Å². The Balaban J connectivity index is 3.00. The molecule has 0 atom stereocenters. The molecule has 78 valence electrons. The van der Waals surface area contributed by atoms with Gasteiger partial charge >= 0.3 is 0 Å². The summed E-state index contributed by atoms with van der Waals surface area (Å²) in [5, 5.41) is 14.4. The molecule has 0 unspecified atom stereocenters. The summed E-state index contributed by atoms with van der Waals surface area (Å²) in [5.41, 5.74) is 5.30. The van der Waals surface area contributed by atoms with Crippen molar-refractivity contribution in [2.75, 3.05) is 25.1 Å². The Kier molecular flexibility index (Phi) is 9.35. The molecule has 0 fully saturated rings. The van der Waals surface area contributed by atoms with E-state index in [0.29, 0.717) is 12.3 Å². The molecule has 0 aromatic rings. The molecule has 5 heteroatoms. The Labute approximate surface area is 84.0 Å². The van der Waals surface area contributed by atoms with E-state index in [2.05, 4.69) is 16.7 Å². The number of hydrogen-bond acceptors (Lipinski definition) is 4. The number of hydrogen-bond donors (Lipinski definition) is 3. The second-order valence-corrected chi connectivity index (χ2v) is 3.78. The van der Waals surface area contributed by atoms with Crippen molar-refractivity contribution in [2.24, 2.45) is 10.9 Å². The van der Waals surface area contributed by atoms with Gasteiger partial charge in [0.15, 0.2) is 0 Å². The van der Waals surface area contributed by atoms with Crippen LogP contribution in [0, 0.1) is 0 Å². The van der Waals surface area contributed by atoms with Crippen LogP contribution in [0.15, 0.2) is 5.16 Å². The molecular formula is C8H19N3OS. The van der Waals surface area contributed by atoms with E-state index in [0.717, 1.165) is 19.5 Å². The highest BCUT2D eigenvalue weighted by Gasteiger charge is 1.92. The predicted octanol–water partition coefficient (Wildman–Crippen LogP) is 0.856. The van der Waals surface area contributed by atoms with Crippen LogP contribution in [0.25, 0.3) is 0 Å². The minimum absolute atomic E-state index is 0.311. The number of amidine groups is 1. The van der Waals surface area contributed by atoms with Crippen molar-refractivity contribution in [3.05, 3.63) is 0 Å². The van der Waals surface area contributed by atoms with Crippen LogP contribution >= 0.6 is 11.8 Å². The Morgan fingerprint density at radius 3 is 2.77 bits per heavy atom. The largest absolute Gasteiger partial charge is 0.409 e. The maximum absolute atomic E-state index is 8.25. The van der Waals surface area contributed by atoms with E-state index in [4.69, 9.17) is 10.9 Å². The van der Waals surface area contributed by atoms with Gasteiger partial charge in [-0.25, -0.2) is 0 Å². The van der Waals surface area contributed by atoms with E-state index in [9.17, 15) is 0 Å². The van der Waals surface area contributed by atoms with Crippen LogP contribution in [0.2, 0.25) is 0 Å². The summed E-state index contributed by atoms with van der Waals surface area (Å²) in [5.74, 6) is 1.51. The highest BCUT2D eigenvalue weighted by molar-refractivity contribution is 7.98. The number of nitrogens with one attached hydrogen (secondary N) is 1. The molecule has 0 aromatic carbocycles. The fourth-order valence-corrected chi connectivity index (χ4v) is 1.34. The third-order valence-corrected chi connectivity index (χ3v) is 2.31. The van der Waals surface area contributed by atoms with Crippen LogP contribution in [-0.2, 0) is 0 Å². The summed E-state index contributed by atoms with van der Waals surface area (Å²) in [4.78, 5) is 0. The fraction of sp³-hybridized carbons (Fsp3) is 0.875. The van der Waals surface area contributed by atoms with Gasteiger partial charge in [0.05, 0.1) is 0 Å². The molecule has 0 aliphatic carbocycles. The molecule has 0 saturated heterocycles. The average molecular weight is 205 g/mol. The monoisotopic (exact) mass is 205 g/mol. The maximum Gasteiger partial charge on any atom is 0.139 e. The number of nitrogens with zero attached hydrogens (tertiary/aromatic N) is 1. The Hall–Kier alpha value is -0.420. The maximum atomic E-state index is 8.25. The van der Waals surface area contributed by atoms with Gasteiger partial charge in [-0.3, -0.25) is 0 Å². The van der Waals surface area contributed by atoms with E-state index in [1.54, 1.807) is 0 Å². The lowest BCUT2D eigenvalue weighted by atomic mass is 10.3. The van der Waals surface area contributed by atoms with Crippen LogP contribution in [0.4, 0.5) is 0 Å². The van der Waals surface area contributed by atoms with Gasteiger partial charge in [-0.1, -0.05) is 5.16 Å². The van der Waals surface area contributed by atoms with E-state index in [1.165, 1.54) is 12.2 Å². The van der Waals surface area contributed by atoms with Gasteiger partial charge in [0.25, 0.3) is 0 Å². The Morgan fingerprint density at radius 2 is 2.15 bits per heavy atom. The molecule has 0 bridgehead atoms. The first-order valence-electron chi connectivity index (χ1n) is 4.47. The molecule has 13 heavy (non-hydrogen) atoms. The second kappa shape index (κ2) is 9.67. The zero-order valence-corrected chi connectivity index (χ0v) is 8.94. The summed E-state index contributed by atoms with van der Waals surface area (Å²) >= 11 is 1.86. The molecule has 0 radical (unpaired) electrons. The minimum Gasteiger partial charge on any atom is -0.409 e. The first kappa shape index (κ1) is 12.6. The summed E-state index contributed by atoms with van der Waals surface area (Å²) in [6.07, 6.45) is 4.89. The summed E-state index contributed by atoms with van der Waals surface area (Å²) in [6.45, 7) is 1.99. The lowest BCUT2D eigenvalue weighted by Gasteiger charge is -2.02. The zero-order valence-electron chi connectivity index (χ0n) is 8.12. The summed E-state index contributed by atoms with van der Waals surface area (Å²) in [6, 6.07) is 0. The molecule has 0 saturated carbocycles. The highest BCUT2D eigenvalue weighted by Crippen LogP contribution is 1.93. The molecule has 4 N–H and O–H groups in total. The van der Waals surface area contributed by atoms with Crippen molar-refractivity contribution >= 4 is 17.6 Å². The van der Waals surface area contributed by atoms with Crippen LogP contribution in [0.1, 0.15) is 19.3 Å². The average Bonchev–Trinajstić information content (AvgIpc) is 2.16. The summed E-state index contributed by atoms with van der Waals surface area (Å²) < 4.78 is 0. The lowest BCUT2D eigenvalue weighted by molar-refractivity contribution is 0.316. The van der Waals surface area contributed by atoms with Crippen molar-refractivity contribution in [1.82, 2.24) is 5.32 Å². The molecular weight excluding hydrogens is 186 g/mol. The van der Waals surface area contributed by atoms with Gasteiger partial charge < -0.3 is 16.3 Å². The fourth-order valence-electron chi connectivity index (χ4n) is 0.911. The molecule has 0 amide bonds. The molecule has 0 aliphatic heterocycles. The molecule has 0 aromatic heterocycles. The molecule has 0 heterocycles. The second-order valence-electron chi connectivity index (χ2n) is 2.79. The molecule has 0 aliphatic rings. The van der Waals surface area contributed by atoms with Crippen LogP contribution in [0.5, 0.6) is 0 Å². The third kappa shape index (κ3) is 9.49. The molecule has 0 spiro atoms. The summed E-state index contributed by atoms with van der Waals surface area (Å²) in [7, 11) is 0. The van der Waals surface area contributed by atoms with Gasteiger partial charge in [-0.2, -0.15) is 11.8 Å². The number of nitrogens with two attached hydrogens (primary N) is 1. The van der Waals surface area contributed by atoms with E-state index < -0.39 is 0 Å².